The summed E-state index contributed by atoms with van der Waals surface area (Å²) in [4.78, 5) is 17.7. The monoisotopic (exact) mass is 409 g/mol. The summed E-state index contributed by atoms with van der Waals surface area (Å²) >= 11 is 6.20. The molecule has 0 N–H and O–H groups in total. The van der Waals surface area contributed by atoms with Gasteiger partial charge in [-0.1, -0.05) is 11.6 Å². The molecular weight excluding hydrogens is 390 g/mol. The summed E-state index contributed by atoms with van der Waals surface area (Å²) in [5, 5.41) is 0.582. The molecule has 4 aromatic rings. The molecule has 2 aromatic carbocycles. The summed E-state index contributed by atoms with van der Waals surface area (Å²) in [5.41, 5.74) is 3.17. The highest BCUT2D eigenvalue weighted by molar-refractivity contribution is 6.31. The maximum Gasteiger partial charge on any atom is 0.298 e. The van der Waals surface area contributed by atoms with E-state index in [4.69, 9.17) is 21.1 Å². The highest BCUT2D eigenvalue weighted by Gasteiger charge is 2.14. The second-order valence-electron chi connectivity index (χ2n) is 6.56. The minimum Gasteiger partial charge on any atom is -0.495 e. The van der Waals surface area contributed by atoms with Gasteiger partial charge < -0.3 is 13.9 Å². The molecule has 0 saturated heterocycles. The van der Waals surface area contributed by atoms with Gasteiger partial charge >= 0.3 is 0 Å². The maximum atomic E-state index is 13.1. The topological polar surface area (TPSA) is 57.8 Å². The third-order valence-electron chi connectivity index (χ3n) is 4.70. The Balaban J connectivity index is 1.81. The van der Waals surface area contributed by atoms with Crippen LogP contribution in [0.25, 0.3) is 22.6 Å². The standard InChI is InChI=1S/C22H20ClN3O3/c1-4-29-16-7-5-15(6-8-16)18-13-25-9-10-26(22(27)21(25)24-18)19-11-14(2)17(23)12-20(19)28-3/h5-13H,4H2,1-3H3. The first-order chi connectivity index (χ1) is 14.0. The van der Waals surface area contributed by atoms with Gasteiger partial charge in [0.05, 0.1) is 25.1 Å². The van der Waals surface area contributed by atoms with Crippen molar-refractivity contribution < 1.29 is 9.47 Å². The first-order valence-electron chi connectivity index (χ1n) is 9.20. The van der Waals surface area contributed by atoms with Crippen molar-refractivity contribution in [1.82, 2.24) is 14.0 Å². The zero-order chi connectivity index (χ0) is 20.5. The molecule has 0 unspecified atom stereocenters. The quantitative estimate of drug-likeness (QED) is 0.486. The van der Waals surface area contributed by atoms with Gasteiger partial charge in [0.25, 0.3) is 5.56 Å². The summed E-state index contributed by atoms with van der Waals surface area (Å²) in [6.07, 6.45) is 5.33. The van der Waals surface area contributed by atoms with E-state index < -0.39 is 0 Å². The molecule has 0 aliphatic carbocycles. The number of methoxy groups -OCH3 is 1. The number of halogens is 1. The molecule has 0 bridgehead atoms. The highest BCUT2D eigenvalue weighted by Crippen LogP contribution is 2.29. The predicted molar refractivity (Wildman–Crippen MR) is 114 cm³/mol. The molecular formula is C22H20ClN3O3. The van der Waals surface area contributed by atoms with Crippen molar-refractivity contribution in [3.05, 3.63) is 75.9 Å². The average molecular weight is 410 g/mol. The Morgan fingerprint density at radius 1 is 1.14 bits per heavy atom. The van der Waals surface area contributed by atoms with E-state index in [1.54, 1.807) is 30.0 Å². The molecule has 0 saturated carbocycles. The van der Waals surface area contributed by atoms with Crippen LogP contribution in [0.4, 0.5) is 0 Å². The molecule has 29 heavy (non-hydrogen) atoms. The lowest BCUT2D eigenvalue weighted by Crippen LogP contribution is -2.20. The van der Waals surface area contributed by atoms with Crippen LogP contribution in [0.15, 0.2) is 59.8 Å². The Bertz CT molecular complexity index is 1240. The molecule has 0 spiro atoms. The lowest BCUT2D eigenvalue weighted by molar-refractivity contribution is 0.340. The number of imidazole rings is 1. The minimum atomic E-state index is -0.246. The van der Waals surface area contributed by atoms with Gasteiger partial charge in [0.1, 0.15) is 11.5 Å². The van der Waals surface area contributed by atoms with Crippen LogP contribution in [0.5, 0.6) is 11.5 Å². The lowest BCUT2D eigenvalue weighted by atomic mass is 10.2. The van der Waals surface area contributed by atoms with Gasteiger partial charge in [0.2, 0.25) is 5.65 Å². The third kappa shape index (κ3) is 3.47. The number of nitrogens with zero attached hydrogens (tertiary/aromatic N) is 3. The molecule has 4 rings (SSSR count). The highest BCUT2D eigenvalue weighted by atomic mass is 35.5. The van der Waals surface area contributed by atoms with E-state index in [2.05, 4.69) is 4.98 Å². The van der Waals surface area contributed by atoms with Gasteiger partial charge in [-0.15, -0.1) is 0 Å². The Morgan fingerprint density at radius 2 is 1.90 bits per heavy atom. The fraction of sp³-hybridized carbons (Fsp3) is 0.182. The summed E-state index contributed by atoms with van der Waals surface area (Å²) in [6.45, 7) is 4.44. The Labute approximate surface area is 172 Å². The van der Waals surface area contributed by atoms with Crippen LogP contribution in [-0.4, -0.2) is 27.7 Å². The number of ether oxygens (including phenoxy) is 2. The number of fused-ring (bicyclic) bond motifs is 1. The zero-order valence-corrected chi connectivity index (χ0v) is 17.1. The summed E-state index contributed by atoms with van der Waals surface area (Å²) < 4.78 is 14.1. The van der Waals surface area contributed by atoms with Gasteiger partial charge in [0, 0.05) is 35.2 Å². The van der Waals surface area contributed by atoms with Gasteiger partial charge in [-0.3, -0.25) is 9.36 Å². The van der Waals surface area contributed by atoms with E-state index in [-0.39, 0.29) is 5.56 Å². The van der Waals surface area contributed by atoms with E-state index in [0.29, 0.717) is 34.4 Å². The third-order valence-corrected chi connectivity index (χ3v) is 5.11. The molecule has 0 radical (unpaired) electrons. The van der Waals surface area contributed by atoms with Crippen molar-refractivity contribution in [3.8, 4) is 28.4 Å². The van der Waals surface area contributed by atoms with E-state index >= 15 is 0 Å². The number of aromatic nitrogens is 3. The molecule has 0 fully saturated rings. The molecule has 148 valence electrons. The van der Waals surface area contributed by atoms with Gasteiger partial charge in [-0.2, -0.15) is 0 Å². The smallest absolute Gasteiger partial charge is 0.298 e. The summed E-state index contributed by atoms with van der Waals surface area (Å²) in [7, 11) is 1.55. The lowest BCUT2D eigenvalue weighted by Gasteiger charge is -2.13. The number of benzene rings is 2. The van der Waals surface area contributed by atoms with Gasteiger partial charge in [-0.05, 0) is 49.7 Å². The predicted octanol–water partition coefficient (Wildman–Crippen LogP) is 4.52. The summed E-state index contributed by atoms with van der Waals surface area (Å²) in [6, 6.07) is 11.2. The van der Waals surface area contributed by atoms with Gasteiger partial charge in [-0.25, -0.2) is 4.98 Å². The van der Waals surface area contributed by atoms with Crippen LogP contribution in [0.2, 0.25) is 5.02 Å². The Morgan fingerprint density at radius 3 is 2.59 bits per heavy atom. The van der Waals surface area contributed by atoms with Crippen LogP contribution in [0.3, 0.4) is 0 Å². The number of hydrogen-bond acceptors (Lipinski definition) is 4. The molecule has 0 atom stereocenters. The van der Waals surface area contributed by atoms with Crippen LogP contribution in [0.1, 0.15) is 12.5 Å². The van der Waals surface area contributed by atoms with E-state index in [0.717, 1.165) is 16.9 Å². The van der Waals surface area contributed by atoms with Crippen molar-refractivity contribution in [2.45, 2.75) is 13.8 Å². The Hall–Kier alpha value is -3.25. The number of rotatable bonds is 5. The first-order valence-corrected chi connectivity index (χ1v) is 9.57. The van der Waals surface area contributed by atoms with Crippen molar-refractivity contribution >= 4 is 17.2 Å². The van der Waals surface area contributed by atoms with Crippen molar-refractivity contribution in [3.63, 3.8) is 0 Å². The molecule has 0 amide bonds. The average Bonchev–Trinajstić information content (AvgIpc) is 3.16. The van der Waals surface area contributed by atoms with Crippen molar-refractivity contribution in [2.24, 2.45) is 0 Å². The van der Waals surface area contributed by atoms with Gasteiger partial charge in [0.15, 0.2) is 0 Å². The number of hydrogen-bond donors (Lipinski definition) is 0. The number of aryl methyl sites for hydroxylation is 1. The molecule has 2 aromatic heterocycles. The molecule has 7 heteroatoms. The SMILES string of the molecule is CCOc1ccc(-c2cn3ccn(-c4cc(C)c(Cl)cc4OC)c(=O)c3n2)cc1. The van der Waals surface area contributed by atoms with Crippen LogP contribution < -0.4 is 15.0 Å². The van der Waals surface area contributed by atoms with Crippen molar-refractivity contribution in [1.29, 1.82) is 0 Å². The first kappa shape index (κ1) is 19.1. The molecule has 0 aliphatic heterocycles. The van der Waals surface area contributed by atoms with E-state index in [1.165, 1.54) is 4.57 Å². The zero-order valence-electron chi connectivity index (χ0n) is 16.3. The normalized spacial score (nSPS) is 11.0. The summed E-state index contributed by atoms with van der Waals surface area (Å²) in [5.74, 6) is 1.32. The van der Waals surface area contributed by atoms with E-state index in [9.17, 15) is 4.79 Å². The molecule has 2 heterocycles. The fourth-order valence-electron chi connectivity index (χ4n) is 3.20. The Kier molecular flexibility index (Phi) is 5.03. The molecule has 0 aliphatic rings. The minimum absolute atomic E-state index is 0.246. The second kappa shape index (κ2) is 7.64. The maximum absolute atomic E-state index is 13.1. The van der Waals surface area contributed by atoms with Crippen LogP contribution in [0, 0.1) is 6.92 Å². The van der Waals surface area contributed by atoms with E-state index in [1.807, 2.05) is 50.4 Å². The van der Waals surface area contributed by atoms with Crippen molar-refractivity contribution in [2.75, 3.05) is 13.7 Å². The largest absolute Gasteiger partial charge is 0.495 e. The second-order valence-corrected chi connectivity index (χ2v) is 6.97. The molecule has 6 nitrogen and oxygen atoms in total. The van der Waals surface area contributed by atoms with Crippen LogP contribution in [-0.2, 0) is 0 Å². The van der Waals surface area contributed by atoms with Crippen LogP contribution >= 0.6 is 11.6 Å². The fourth-order valence-corrected chi connectivity index (χ4v) is 3.35.